The van der Waals surface area contributed by atoms with Gasteiger partial charge in [0, 0.05) is 12.5 Å². The Morgan fingerprint density at radius 3 is 2.50 bits per heavy atom. The summed E-state index contributed by atoms with van der Waals surface area (Å²) in [6.07, 6.45) is 13.0. The first-order valence-electron chi connectivity index (χ1n) is 8.09. The molecule has 0 aromatic rings. The van der Waals surface area contributed by atoms with E-state index in [1.165, 1.54) is 57.8 Å². The van der Waals surface area contributed by atoms with Crippen LogP contribution in [0.15, 0.2) is 0 Å². The number of unbranched alkanes of at least 4 members (excludes halogenated alkanes) is 5. The summed E-state index contributed by atoms with van der Waals surface area (Å²) in [6.45, 7) is 3.15. The maximum absolute atomic E-state index is 12.1. The summed E-state index contributed by atoms with van der Waals surface area (Å²) >= 11 is 0. The van der Waals surface area contributed by atoms with Crippen LogP contribution in [0.25, 0.3) is 0 Å². The zero-order chi connectivity index (χ0) is 12.8. The zero-order valence-corrected chi connectivity index (χ0v) is 11.9. The quantitative estimate of drug-likeness (QED) is 0.651. The second kappa shape index (κ2) is 7.16. The van der Waals surface area contributed by atoms with E-state index >= 15 is 0 Å². The van der Waals surface area contributed by atoms with Gasteiger partial charge in [-0.3, -0.25) is 4.79 Å². The lowest BCUT2D eigenvalue weighted by Gasteiger charge is -2.20. The van der Waals surface area contributed by atoms with Crippen molar-refractivity contribution < 1.29 is 4.79 Å². The summed E-state index contributed by atoms with van der Waals surface area (Å²) in [6, 6.07) is 0. The lowest BCUT2D eigenvalue weighted by Crippen LogP contribution is -2.34. The van der Waals surface area contributed by atoms with E-state index in [2.05, 4.69) is 12.2 Å². The van der Waals surface area contributed by atoms with Gasteiger partial charge in [-0.25, -0.2) is 0 Å². The molecule has 0 aromatic carbocycles. The van der Waals surface area contributed by atoms with Crippen LogP contribution in [0, 0.1) is 17.8 Å². The minimum Gasteiger partial charge on any atom is -0.356 e. The van der Waals surface area contributed by atoms with Crippen LogP contribution in [-0.2, 0) is 4.79 Å². The van der Waals surface area contributed by atoms with Gasteiger partial charge in [0.2, 0.25) is 5.91 Å². The molecule has 0 heterocycles. The standard InChI is InChI=1S/C16H29NO/c1-2-3-4-5-6-7-10-17-16(18)15-12-13-8-9-14(15)11-13/h13-15H,2-12H2,1H3,(H,17,18)/t13-,14-,15-/m0/s1. The Balaban J connectivity index is 1.50. The molecule has 2 heteroatoms. The lowest BCUT2D eigenvalue weighted by molar-refractivity contribution is -0.126. The fraction of sp³-hybridized carbons (Fsp3) is 0.938. The van der Waals surface area contributed by atoms with Gasteiger partial charge in [-0.2, -0.15) is 0 Å². The van der Waals surface area contributed by atoms with Crippen LogP contribution in [0.1, 0.15) is 71.1 Å². The van der Waals surface area contributed by atoms with E-state index < -0.39 is 0 Å². The Labute approximate surface area is 112 Å². The zero-order valence-electron chi connectivity index (χ0n) is 11.9. The van der Waals surface area contributed by atoms with Crippen molar-refractivity contribution in [3.63, 3.8) is 0 Å². The third-order valence-electron chi connectivity index (χ3n) is 4.90. The molecule has 2 nitrogen and oxygen atoms in total. The summed E-state index contributed by atoms with van der Waals surface area (Å²) in [4.78, 5) is 12.1. The number of nitrogens with one attached hydrogen (secondary N) is 1. The van der Waals surface area contributed by atoms with Crippen molar-refractivity contribution in [2.45, 2.75) is 71.1 Å². The molecule has 3 atom stereocenters. The van der Waals surface area contributed by atoms with E-state index in [-0.39, 0.29) is 0 Å². The molecule has 0 aliphatic heterocycles. The molecule has 0 unspecified atom stereocenters. The number of carbonyl (C=O) groups is 1. The number of fused-ring (bicyclic) bond motifs is 2. The van der Waals surface area contributed by atoms with Crippen molar-refractivity contribution in [1.29, 1.82) is 0 Å². The number of amides is 1. The van der Waals surface area contributed by atoms with Gasteiger partial charge in [0.15, 0.2) is 0 Å². The van der Waals surface area contributed by atoms with Crippen LogP contribution in [0.3, 0.4) is 0 Å². The van der Waals surface area contributed by atoms with Gasteiger partial charge in [0.05, 0.1) is 0 Å². The van der Waals surface area contributed by atoms with Crippen molar-refractivity contribution in [1.82, 2.24) is 5.32 Å². The average molecular weight is 251 g/mol. The molecule has 2 fully saturated rings. The fourth-order valence-corrected chi connectivity index (χ4v) is 3.81. The predicted molar refractivity (Wildman–Crippen MR) is 75.3 cm³/mol. The van der Waals surface area contributed by atoms with Crippen molar-refractivity contribution in [2.24, 2.45) is 17.8 Å². The van der Waals surface area contributed by atoms with Crippen LogP contribution in [0.5, 0.6) is 0 Å². The highest BCUT2D eigenvalue weighted by Crippen LogP contribution is 2.48. The lowest BCUT2D eigenvalue weighted by atomic mass is 9.88. The molecule has 0 spiro atoms. The Bertz CT molecular complexity index is 264. The van der Waals surface area contributed by atoms with E-state index in [1.54, 1.807) is 0 Å². The third-order valence-corrected chi connectivity index (χ3v) is 4.90. The summed E-state index contributed by atoms with van der Waals surface area (Å²) < 4.78 is 0. The summed E-state index contributed by atoms with van der Waals surface area (Å²) in [5.74, 6) is 2.32. The highest BCUT2D eigenvalue weighted by molar-refractivity contribution is 5.79. The van der Waals surface area contributed by atoms with E-state index in [0.717, 1.165) is 24.8 Å². The molecule has 0 radical (unpaired) electrons. The molecule has 0 aromatic heterocycles. The summed E-state index contributed by atoms with van der Waals surface area (Å²) in [7, 11) is 0. The van der Waals surface area contributed by atoms with Crippen LogP contribution >= 0.6 is 0 Å². The Kier molecular flexibility index (Phi) is 5.52. The fourth-order valence-electron chi connectivity index (χ4n) is 3.81. The maximum atomic E-state index is 12.1. The molecule has 2 rings (SSSR count). The molecule has 2 saturated carbocycles. The van der Waals surface area contributed by atoms with Crippen LogP contribution < -0.4 is 5.32 Å². The normalized spacial score (nSPS) is 29.7. The molecular formula is C16H29NO. The molecule has 2 aliphatic rings. The summed E-state index contributed by atoms with van der Waals surface area (Å²) in [5.41, 5.74) is 0. The number of hydrogen-bond donors (Lipinski definition) is 1. The first kappa shape index (κ1) is 13.9. The number of hydrogen-bond acceptors (Lipinski definition) is 1. The topological polar surface area (TPSA) is 29.1 Å². The minimum atomic E-state index is 0.357. The van der Waals surface area contributed by atoms with Gasteiger partial charge >= 0.3 is 0 Å². The Morgan fingerprint density at radius 2 is 1.83 bits per heavy atom. The molecule has 1 amide bonds. The number of rotatable bonds is 8. The minimum absolute atomic E-state index is 0.357. The van der Waals surface area contributed by atoms with Crippen molar-refractivity contribution in [3.8, 4) is 0 Å². The summed E-state index contributed by atoms with van der Waals surface area (Å²) in [5, 5.41) is 3.16. The van der Waals surface area contributed by atoms with Crippen LogP contribution in [-0.4, -0.2) is 12.5 Å². The van der Waals surface area contributed by atoms with E-state index in [1.807, 2.05) is 0 Å². The van der Waals surface area contributed by atoms with E-state index in [0.29, 0.717) is 11.8 Å². The van der Waals surface area contributed by atoms with Gasteiger partial charge < -0.3 is 5.32 Å². The first-order chi connectivity index (χ1) is 8.81. The first-order valence-corrected chi connectivity index (χ1v) is 8.09. The molecule has 2 bridgehead atoms. The van der Waals surface area contributed by atoms with E-state index in [9.17, 15) is 4.79 Å². The molecule has 2 aliphatic carbocycles. The van der Waals surface area contributed by atoms with Gasteiger partial charge in [-0.05, 0) is 37.5 Å². The largest absolute Gasteiger partial charge is 0.356 e. The highest BCUT2D eigenvalue weighted by Gasteiger charge is 2.42. The second-order valence-electron chi connectivity index (χ2n) is 6.34. The van der Waals surface area contributed by atoms with Gasteiger partial charge in [0.1, 0.15) is 0 Å². The van der Waals surface area contributed by atoms with Crippen LogP contribution in [0.2, 0.25) is 0 Å². The van der Waals surface area contributed by atoms with Crippen LogP contribution in [0.4, 0.5) is 0 Å². The average Bonchev–Trinajstić information content (AvgIpc) is 2.99. The van der Waals surface area contributed by atoms with Crippen molar-refractivity contribution in [3.05, 3.63) is 0 Å². The van der Waals surface area contributed by atoms with Crippen molar-refractivity contribution in [2.75, 3.05) is 6.54 Å². The molecular weight excluding hydrogens is 222 g/mol. The predicted octanol–water partition coefficient (Wildman–Crippen LogP) is 3.90. The van der Waals surface area contributed by atoms with Crippen molar-refractivity contribution >= 4 is 5.91 Å². The highest BCUT2D eigenvalue weighted by atomic mass is 16.1. The molecule has 1 N–H and O–H groups in total. The number of carbonyl (C=O) groups excluding carboxylic acids is 1. The molecule has 0 saturated heterocycles. The molecule has 104 valence electrons. The van der Waals surface area contributed by atoms with E-state index in [4.69, 9.17) is 0 Å². The Morgan fingerprint density at radius 1 is 1.06 bits per heavy atom. The second-order valence-corrected chi connectivity index (χ2v) is 6.34. The maximum Gasteiger partial charge on any atom is 0.223 e. The van der Waals surface area contributed by atoms with Gasteiger partial charge in [-0.15, -0.1) is 0 Å². The monoisotopic (exact) mass is 251 g/mol. The SMILES string of the molecule is CCCCCCCCNC(=O)[C@H]1C[C@H]2CC[C@H]1C2. The Hall–Kier alpha value is -0.530. The third kappa shape index (κ3) is 3.73. The van der Waals surface area contributed by atoms with Gasteiger partial charge in [-0.1, -0.05) is 45.4 Å². The molecule has 18 heavy (non-hydrogen) atoms. The van der Waals surface area contributed by atoms with Gasteiger partial charge in [0.25, 0.3) is 0 Å². The smallest absolute Gasteiger partial charge is 0.223 e.